The van der Waals surface area contributed by atoms with Gasteiger partial charge in [0.25, 0.3) is 0 Å². The third kappa shape index (κ3) is 2.98. The van der Waals surface area contributed by atoms with Gasteiger partial charge >= 0.3 is 0 Å². The van der Waals surface area contributed by atoms with Crippen molar-refractivity contribution in [3.05, 3.63) is 65.5 Å². The minimum absolute atomic E-state index is 0.192. The van der Waals surface area contributed by atoms with Crippen molar-refractivity contribution in [1.82, 2.24) is 20.2 Å². The number of tetrazole rings is 1. The summed E-state index contributed by atoms with van der Waals surface area (Å²) in [6, 6.07) is 14.8. The zero-order valence-corrected chi connectivity index (χ0v) is 13.0. The summed E-state index contributed by atoms with van der Waals surface area (Å²) >= 11 is 0. The fraction of sp³-hybridized carbons (Fsp3) is 0.235. The molecule has 5 nitrogen and oxygen atoms in total. The molecule has 3 rings (SSSR count). The molecule has 0 saturated carbocycles. The molecule has 0 aliphatic carbocycles. The normalized spacial score (nSPS) is 12.1. The lowest BCUT2D eigenvalue weighted by molar-refractivity contribution is 0.785. The van der Waals surface area contributed by atoms with Crippen LogP contribution in [0.15, 0.2) is 48.8 Å². The summed E-state index contributed by atoms with van der Waals surface area (Å²) in [5.74, 6) is 0. The third-order valence-electron chi connectivity index (χ3n) is 3.74. The van der Waals surface area contributed by atoms with Crippen molar-refractivity contribution in [2.24, 2.45) is 0 Å². The Morgan fingerprint density at radius 1 is 1.09 bits per heavy atom. The van der Waals surface area contributed by atoms with Gasteiger partial charge in [-0.2, -0.15) is 0 Å². The first kappa shape index (κ1) is 14.3. The van der Waals surface area contributed by atoms with Gasteiger partial charge < -0.3 is 5.32 Å². The highest BCUT2D eigenvalue weighted by Crippen LogP contribution is 2.24. The second-order valence-electron chi connectivity index (χ2n) is 5.53. The van der Waals surface area contributed by atoms with Crippen LogP contribution in [-0.4, -0.2) is 20.2 Å². The molecule has 1 N–H and O–H groups in total. The van der Waals surface area contributed by atoms with Gasteiger partial charge in [-0.15, -0.1) is 5.10 Å². The predicted octanol–water partition coefficient (Wildman–Crippen LogP) is 3.45. The smallest absolute Gasteiger partial charge is 0.143 e. The van der Waals surface area contributed by atoms with E-state index >= 15 is 0 Å². The summed E-state index contributed by atoms with van der Waals surface area (Å²) in [4.78, 5) is 0. The second kappa shape index (κ2) is 5.97. The van der Waals surface area contributed by atoms with Gasteiger partial charge in [0.15, 0.2) is 0 Å². The Labute approximate surface area is 130 Å². The van der Waals surface area contributed by atoms with Crippen molar-refractivity contribution >= 4 is 5.69 Å². The minimum Gasteiger partial charge on any atom is -0.378 e. The molecular weight excluding hydrogens is 274 g/mol. The summed E-state index contributed by atoms with van der Waals surface area (Å²) < 4.78 is 1.66. The number of hydrogen-bond acceptors (Lipinski definition) is 4. The molecule has 1 aromatic heterocycles. The van der Waals surface area contributed by atoms with Crippen LogP contribution >= 0.6 is 0 Å². The highest BCUT2D eigenvalue weighted by atomic mass is 15.5. The van der Waals surface area contributed by atoms with Crippen LogP contribution in [0.25, 0.3) is 5.69 Å². The minimum atomic E-state index is 0.192. The fourth-order valence-electron chi connectivity index (χ4n) is 2.51. The van der Waals surface area contributed by atoms with E-state index in [0.29, 0.717) is 0 Å². The van der Waals surface area contributed by atoms with Crippen LogP contribution in [0.2, 0.25) is 0 Å². The molecule has 0 bridgehead atoms. The molecule has 0 aliphatic heterocycles. The molecule has 1 unspecified atom stereocenters. The zero-order valence-electron chi connectivity index (χ0n) is 13.0. The topological polar surface area (TPSA) is 55.6 Å². The summed E-state index contributed by atoms with van der Waals surface area (Å²) in [5, 5.41) is 14.9. The van der Waals surface area contributed by atoms with Gasteiger partial charge in [-0.1, -0.05) is 29.8 Å². The third-order valence-corrected chi connectivity index (χ3v) is 3.74. The van der Waals surface area contributed by atoms with Gasteiger partial charge in [-0.3, -0.25) is 0 Å². The lowest BCUT2D eigenvalue weighted by atomic mass is 10.1. The van der Waals surface area contributed by atoms with Crippen LogP contribution in [-0.2, 0) is 0 Å². The standard InChI is InChI=1S/C17H19N5/c1-12-7-8-17(13(2)9-12)19-14(3)15-5-4-6-16(10-15)22-11-18-20-21-22/h4-11,14,19H,1-3H3. The van der Waals surface area contributed by atoms with Crippen LogP contribution in [0.1, 0.15) is 29.7 Å². The molecule has 2 aromatic carbocycles. The van der Waals surface area contributed by atoms with Gasteiger partial charge in [0.1, 0.15) is 6.33 Å². The van der Waals surface area contributed by atoms with E-state index in [9.17, 15) is 0 Å². The molecule has 0 aliphatic rings. The molecule has 0 radical (unpaired) electrons. The van der Waals surface area contributed by atoms with Crippen molar-refractivity contribution in [2.75, 3.05) is 5.32 Å². The lowest BCUT2D eigenvalue weighted by Gasteiger charge is -2.18. The Hall–Kier alpha value is -2.69. The van der Waals surface area contributed by atoms with Crippen molar-refractivity contribution in [2.45, 2.75) is 26.8 Å². The fourth-order valence-corrected chi connectivity index (χ4v) is 2.51. The molecule has 0 saturated heterocycles. The number of nitrogens with zero attached hydrogens (tertiary/aromatic N) is 4. The average Bonchev–Trinajstić information content (AvgIpc) is 3.04. The lowest BCUT2D eigenvalue weighted by Crippen LogP contribution is -2.08. The van der Waals surface area contributed by atoms with Crippen LogP contribution in [0, 0.1) is 13.8 Å². The maximum absolute atomic E-state index is 3.93. The van der Waals surface area contributed by atoms with E-state index in [2.05, 4.69) is 71.9 Å². The largest absolute Gasteiger partial charge is 0.378 e. The number of anilines is 1. The Balaban J connectivity index is 1.83. The van der Waals surface area contributed by atoms with Crippen LogP contribution in [0.4, 0.5) is 5.69 Å². The molecule has 0 amide bonds. The number of aromatic nitrogens is 4. The number of hydrogen-bond donors (Lipinski definition) is 1. The van der Waals surface area contributed by atoms with Crippen LogP contribution in [0.3, 0.4) is 0 Å². The van der Waals surface area contributed by atoms with E-state index in [1.54, 1.807) is 11.0 Å². The number of aryl methyl sites for hydroxylation is 2. The number of nitrogens with one attached hydrogen (secondary N) is 1. The first-order valence-corrected chi connectivity index (χ1v) is 7.30. The predicted molar refractivity (Wildman–Crippen MR) is 87.1 cm³/mol. The van der Waals surface area contributed by atoms with Crippen molar-refractivity contribution in [1.29, 1.82) is 0 Å². The maximum Gasteiger partial charge on any atom is 0.143 e. The Kier molecular flexibility index (Phi) is 3.87. The molecule has 1 heterocycles. The monoisotopic (exact) mass is 293 g/mol. The summed E-state index contributed by atoms with van der Waals surface area (Å²) in [5.41, 5.74) is 5.83. The molecule has 5 heteroatoms. The second-order valence-corrected chi connectivity index (χ2v) is 5.53. The molecule has 0 spiro atoms. The van der Waals surface area contributed by atoms with Gasteiger partial charge in [0.05, 0.1) is 5.69 Å². The number of rotatable bonds is 4. The summed E-state index contributed by atoms with van der Waals surface area (Å²) in [6.07, 6.45) is 1.60. The average molecular weight is 293 g/mol. The van der Waals surface area contributed by atoms with E-state index in [1.807, 2.05) is 12.1 Å². The SMILES string of the molecule is Cc1ccc(NC(C)c2cccc(-n3cnnn3)c2)c(C)c1. The Bertz CT molecular complexity index is 764. The molecule has 3 aromatic rings. The molecule has 0 fully saturated rings. The van der Waals surface area contributed by atoms with Crippen LogP contribution < -0.4 is 5.32 Å². The molecule has 22 heavy (non-hydrogen) atoms. The van der Waals surface area contributed by atoms with Gasteiger partial charge in [-0.05, 0) is 60.5 Å². The van der Waals surface area contributed by atoms with Gasteiger partial charge in [-0.25, -0.2) is 4.68 Å². The quantitative estimate of drug-likeness (QED) is 0.800. The molecule has 1 atom stereocenters. The van der Waals surface area contributed by atoms with Crippen LogP contribution in [0.5, 0.6) is 0 Å². The maximum atomic E-state index is 3.93. The van der Waals surface area contributed by atoms with E-state index in [1.165, 1.54) is 16.7 Å². The van der Waals surface area contributed by atoms with Crippen molar-refractivity contribution in [3.63, 3.8) is 0 Å². The molecule has 112 valence electrons. The van der Waals surface area contributed by atoms with Crippen molar-refractivity contribution < 1.29 is 0 Å². The first-order valence-electron chi connectivity index (χ1n) is 7.30. The van der Waals surface area contributed by atoms with E-state index in [0.717, 1.165) is 11.4 Å². The highest BCUT2D eigenvalue weighted by Gasteiger charge is 2.08. The van der Waals surface area contributed by atoms with Gasteiger partial charge in [0.2, 0.25) is 0 Å². The zero-order chi connectivity index (χ0) is 15.5. The first-order chi connectivity index (χ1) is 10.6. The van der Waals surface area contributed by atoms with Crippen molar-refractivity contribution in [3.8, 4) is 5.69 Å². The Morgan fingerprint density at radius 3 is 2.68 bits per heavy atom. The van der Waals surface area contributed by atoms with E-state index < -0.39 is 0 Å². The van der Waals surface area contributed by atoms with Gasteiger partial charge in [0, 0.05) is 11.7 Å². The Morgan fingerprint density at radius 2 is 1.95 bits per heavy atom. The summed E-state index contributed by atoms with van der Waals surface area (Å²) in [6.45, 7) is 6.38. The number of benzene rings is 2. The van der Waals surface area contributed by atoms with E-state index in [-0.39, 0.29) is 6.04 Å². The summed E-state index contributed by atoms with van der Waals surface area (Å²) in [7, 11) is 0. The van der Waals surface area contributed by atoms with E-state index in [4.69, 9.17) is 0 Å². The highest BCUT2D eigenvalue weighted by molar-refractivity contribution is 5.53. The molecular formula is C17H19N5.